The van der Waals surface area contributed by atoms with Crippen LogP contribution in [0.5, 0.6) is 0 Å². The molecule has 89 heavy (non-hydrogen) atoms. The lowest BCUT2D eigenvalue weighted by Gasteiger charge is -2.48. The molecule has 1 aliphatic heterocycles. The Morgan fingerprint density at radius 2 is 0.730 bits per heavy atom. The lowest BCUT2D eigenvalue weighted by molar-refractivity contribution is -0.342. The number of ether oxygens (including phenoxy) is 2. The van der Waals surface area contributed by atoms with E-state index in [0.717, 1.165) is 64.2 Å². The van der Waals surface area contributed by atoms with Crippen LogP contribution in [-0.2, 0) is 41.5 Å². The second-order valence-electron chi connectivity index (χ2n) is 25.5. The fourth-order valence-corrected chi connectivity index (χ4v) is 13.9. The molecule has 0 radical (unpaired) electrons. The van der Waals surface area contributed by atoms with Crippen LogP contribution in [-0.4, -0.2) is 202 Å². The van der Waals surface area contributed by atoms with Crippen LogP contribution in [0.15, 0.2) is 0 Å². The summed E-state index contributed by atoms with van der Waals surface area (Å²) in [6.45, 7) is 2.27. The Morgan fingerprint density at radius 1 is 0.416 bits per heavy atom. The number of rotatable bonds is 52. The minimum atomic E-state index is -5.76. The summed E-state index contributed by atoms with van der Waals surface area (Å²) in [5.41, 5.74) is 0. The van der Waals surface area contributed by atoms with E-state index < -0.39 is 151 Å². The molecule has 0 spiro atoms. The summed E-state index contributed by atoms with van der Waals surface area (Å²) >= 11 is 0. The number of aliphatic hydroxyl groups excluding tert-OH is 13. The molecular formula is C62H119NO24P2-2. The molecule has 0 aromatic carbocycles. The molecule has 2 aliphatic carbocycles. The highest BCUT2D eigenvalue weighted by Crippen LogP contribution is 2.46. The maximum absolute atomic E-state index is 13.7. The van der Waals surface area contributed by atoms with Crippen molar-refractivity contribution in [3.8, 4) is 0 Å². The third-order valence-corrected chi connectivity index (χ3v) is 19.7. The molecule has 3 rings (SSSR count). The Morgan fingerprint density at radius 3 is 1.13 bits per heavy atom. The Balaban J connectivity index is 1.54. The first kappa shape index (κ1) is 82.3. The van der Waals surface area contributed by atoms with Gasteiger partial charge in [0.2, 0.25) is 5.91 Å². The molecule has 0 bridgehead atoms. The number of amides is 1. The van der Waals surface area contributed by atoms with Gasteiger partial charge in [-0.1, -0.05) is 239 Å². The van der Waals surface area contributed by atoms with Gasteiger partial charge in [0, 0.05) is 6.42 Å². The molecule has 27 heteroatoms. The molecule has 14 N–H and O–H groups in total. The maximum atomic E-state index is 13.7. The van der Waals surface area contributed by atoms with E-state index >= 15 is 0 Å². The van der Waals surface area contributed by atoms with Gasteiger partial charge in [-0.25, -0.2) is 0 Å². The third kappa shape index (κ3) is 31.7. The van der Waals surface area contributed by atoms with Crippen LogP contribution in [0.4, 0.5) is 0 Å². The van der Waals surface area contributed by atoms with E-state index in [1.54, 1.807) is 0 Å². The normalized spacial score (nSPS) is 31.3. The molecule has 3 fully saturated rings. The van der Waals surface area contributed by atoms with E-state index in [4.69, 9.17) is 23.0 Å². The molecule has 1 heterocycles. The monoisotopic (exact) mass is 1320 g/mol. The zero-order chi connectivity index (χ0) is 65.8. The molecule has 1 amide bonds. The van der Waals surface area contributed by atoms with E-state index in [9.17, 15) is 90.1 Å². The van der Waals surface area contributed by atoms with Crippen molar-refractivity contribution in [3.63, 3.8) is 0 Å². The summed E-state index contributed by atoms with van der Waals surface area (Å²) in [5, 5.41) is 140. The van der Waals surface area contributed by atoms with Crippen molar-refractivity contribution in [1.29, 1.82) is 0 Å². The van der Waals surface area contributed by atoms with Crippen LogP contribution < -0.4 is 15.1 Å². The highest BCUT2D eigenvalue weighted by atomic mass is 31.2. The van der Waals surface area contributed by atoms with Crippen LogP contribution in [0.3, 0.4) is 0 Å². The van der Waals surface area contributed by atoms with Gasteiger partial charge in [-0.05, 0) is 12.8 Å². The Kier molecular flexibility index (Phi) is 42.8. The quantitative estimate of drug-likeness (QED) is 0.0284. The fourth-order valence-electron chi connectivity index (χ4n) is 12.0. The number of carbonyl (C=O) groups excluding carboxylic acids is 1. The van der Waals surface area contributed by atoms with E-state index in [1.807, 2.05) is 0 Å². The Hall–Kier alpha value is -0.910. The molecular weight excluding hydrogens is 1200 g/mol. The fraction of sp³-hybridized carbons (Fsp3) is 0.984. The lowest BCUT2D eigenvalue weighted by Crippen LogP contribution is -2.67. The molecule has 0 aromatic rings. The SMILES string of the molecule is CCCCCCCCCCCCCCCCCCCCCCCCCC(=O)N[C@@H](COP(=O)([O-])O[C@@H]1[C@H](O)[C@H](O)[C@@H](O)[C@H](O)[C@H]1O[C@@H]1O[C@H](COP(=O)([O-])OC2[C@H](O)[C@H](O)C(O)[C@H](O)[C@H]2O)[C@@H](O)[C@H](O)[C@@H]1O)[C@H](O)CCCCCCCCCCCCCCC. The van der Waals surface area contributed by atoms with Crippen molar-refractivity contribution in [1.82, 2.24) is 5.32 Å². The Labute approximate surface area is 529 Å². The van der Waals surface area contributed by atoms with Crippen LogP contribution in [0, 0.1) is 0 Å². The maximum Gasteiger partial charge on any atom is 0.268 e. The van der Waals surface area contributed by atoms with Crippen molar-refractivity contribution in [3.05, 3.63) is 0 Å². The van der Waals surface area contributed by atoms with Crippen molar-refractivity contribution >= 4 is 21.6 Å². The van der Waals surface area contributed by atoms with Gasteiger partial charge in [0.25, 0.3) is 15.6 Å². The minimum absolute atomic E-state index is 0.0897. The van der Waals surface area contributed by atoms with Crippen molar-refractivity contribution in [2.75, 3.05) is 13.2 Å². The predicted octanol–water partition coefficient (Wildman–Crippen LogP) is 4.90. The summed E-state index contributed by atoms with van der Waals surface area (Å²) in [6, 6.07) is -1.28. The van der Waals surface area contributed by atoms with Gasteiger partial charge in [-0.2, -0.15) is 0 Å². The molecule has 2 saturated carbocycles. The topological polar surface area (TPSA) is 428 Å². The minimum Gasteiger partial charge on any atom is -0.756 e. The van der Waals surface area contributed by atoms with Gasteiger partial charge in [0.05, 0.1) is 25.4 Å². The molecule has 4 unspecified atom stereocenters. The summed E-state index contributed by atoms with van der Waals surface area (Å²) < 4.78 is 57.2. The van der Waals surface area contributed by atoms with E-state index in [2.05, 4.69) is 23.7 Å². The summed E-state index contributed by atoms with van der Waals surface area (Å²) in [4.78, 5) is 39.9. The van der Waals surface area contributed by atoms with Gasteiger partial charge < -0.3 is 109 Å². The zero-order valence-corrected chi connectivity index (χ0v) is 55.2. The number of nitrogens with one attached hydrogen (secondary N) is 1. The third-order valence-electron chi connectivity index (χ3n) is 17.8. The molecule has 25 nitrogen and oxygen atoms in total. The first-order chi connectivity index (χ1) is 42.5. The molecule has 1 saturated heterocycles. The second kappa shape index (κ2) is 46.3. The highest BCUT2D eigenvalue weighted by Gasteiger charge is 2.55. The first-order valence-electron chi connectivity index (χ1n) is 34.2. The number of phosphoric ester groups is 2. The van der Waals surface area contributed by atoms with Gasteiger partial charge in [-0.3, -0.25) is 13.9 Å². The number of phosphoric acid groups is 2. The van der Waals surface area contributed by atoms with Gasteiger partial charge in [-0.15, -0.1) is 0 Å². The van der Waals surface area contributed by atoms with Crippen molar-refractivity contribution in [2.24, 2.45) is 0 Å². The number of hydrogen-bond acceptors (Lipinski definition) is 24. The molecule has 0 aromatic heterocycles. The smallest absolute Gasteiger partial charge is 0.268 e. The number of unbranched alkanes of at least 4 members (excludes halogenated alkanes) is 34. The average molecular weight is 1320 g/mol. The number of carbonyl (C=O) groups is 1. The summed E-state index contributed by atoms with van der Waals surface area (Å²) in [5.74, 6) is -0.459. The second-order valence-corrected chi connectivity index (χ2v) is 28.2. The standard InChI is InChI=1S/C62H121NO24P2/c1-3-5-7-9-11-13-15-17-18-19-20-21-22-23-24-25-26-28-30-32-34-36-38-40-46(65)63-43(44(64)39-37-35-33-31-29-27-16-14-12-10-8-6-4-2)41-82-88(78,79)87-61-57(76)53(72)52(71)56(75)60(61)85-62-58(77)48(67)47(66)45(84-62)42-83-89(80,81)86-59-54(73)50(69)49(68)51(70)55(59)74/h43-45,47-62,64,66-77H,3-42H2,1-2H3,(H,63,65)(H,78,79)(H,80,81)/p-2/t43-,44+,45+,47+,48-,49?,50-,51+,52+,53+,54+,55+,56-,57+,58-,59?,60+,61+,62-/m0/s1. The van der Waals surface area contributed by atoms with E-state index in [0.29, 0.717) is 12.8 Å². The molecule has 21 atom stereocenters. The van der Waals surface area contributed by atoms with Crippen molar-refractivity contribution < 1.29 is 118 Å². The van der Waals surface area contributed by atoms with Crippen LogP contribution in [0.1, 0.15) is 258 Å². The Bertz CT molecular complexity index is 1890. The highest BCUT2D eigenvalue weighted by molar-refractivity contribution is 7.46. The number of aliphatic hydroxyl groups is 13. The average Bonchev–Trinajstić information content (AvgIpc) is 1.54. The lowest BCUT2D eigenvalue weighted by atomic mass is 9.84. The van der Waals surface area contributed by atoms with Gasteiger partial charge >= 0.3 is 0 Å². The molecule has 528 valence electrons. The first-order valence-corrected chi connectivity index (χ1v) is 37.1. The van der Waals surface area contributed by atoms with Crippen molar-refractivity contribution in [2.45, 2.75) is 374 Å². The van der Waals surface area contributed by atoms with Crippen LogP contribution in [0.2, 0.25) is 0 Å². The van der Waals surface area contributed by atoms with E-state index in [1.165, 1.54) is 154 Å². The molecule has 3 aliphatic rings. The van der Waals surface area contributed by atoms with Gasteiger partial charge in [0.15, 0.2) is 6.29 Å². The number of hydrogen-bond donors (Lipinski definition) is 14. The largest absolute Gasteiger partial charge is 0.756 e. The van der Waals surface area contributed by atoms with Gasteiger partial charge in [0.1, 0.15) is 97.7 Å². The summed E-state index contributed by atoms with van der Waals surface area (Å²) in [6.07, 6.45) is 2.83. The van der Waals surface area contributed by atoms with E-state index in [-0.39, 0.29) is 12.8 Å². The predicted molar refractivity (Wildman–Crippen MR) is 327 cm³/mol. The van der Waals surface area contributed by atoms with Crippen LogP contribution in [0.25, 0.3) is 0 Å². The zero-order valence-electron chi connectivity index (χ0n) is 53.5. The van der Waals surface area contributed by atoms with Crippen LogP contribution >= 0.6 is 15.6 Å². The summed E-state index contributed by atoms with van der Waals surface area (Å²) in [7, 11) is -11.5.